The van der Waals surface area contributed by atoms with Gasteiger partial charge in [-0.3, -0.25) is 0 Å². The lowest BCUT2D eigenvalue weighted by molar-refractivity contribution is 0.149. The summed E-state index contributed by atoms with van der Waals surface area (Å²) < 4.78 is 19.3. The Balaban J connectivity index is 2.02. The summed E-state index contributed by atoms with van der Waals surface area (Å²) in [6.07, 6.45) is 7.35. The molecule has 1 aliphatic carbocycles. The van der Waals surface area contributed by atoms with E-state index in [9.17, 15) is 4.39 Å². The highest BCUT2D eigenvalue weighted by Crippen LogP contribution is 2.37. The zero-order chi connectivity index (χ0) is 14.4. The fraction of sp³-hybridized carbons (Fsp3) is 0.562. The number of alkyl halides is 1. The van der Waals surface area contributed by atoms with Crippen LogP contribution in [-0.2, 0) is 0 Å². The summed E-state index contributed by atoms with van der Waals surface area (Å²) in [4.78, 5) is 0. The minimum Gasteiger partial charge on any atom is -0.493 e. The fourth-order valence-corrected chi connectivity index (χ4v) is 3.43. The highest BCUT2D eigenvalue weighted by atomic mass is 79.9. The number of nitrogens with zero attached hydrogens (tertiary/aromatic N) is 1. The second-order valence-electron chi connectivity index (χ2n) is 5.59. The smallest absolute Gasteiger partial charge is 0.144 e. The Kier molecular flexibility index (Phi) is 5.42. The van der Waals surface area contributed by atoms with Gasteiger partial charge in [0.15, 0.2) is 0 Å². The first-order valence-corrected chi connectivity index (χ1v) is 8.20. The molecule has 0 unspecified atom stereocenters. The Morgan fingerprint density at radius 2 is 1.95 bits per heavy atom. The number of halogens is 2. The van der Waals surface area contributed by atoms with Crippen LogP contribution >= 0.6 is 15.9 Å². The molecule has 0 spiro atoms. The Hall–Kier alpha value is -1.08. The molecule has 0 amide bonds. The summed E-state index contributed by atoms with van der Waals surface area (Å²) in [5, 5.41) is 9.63. The van der Waals surface area contributed by atoms with Crippen molar-refractivity contribution in [3.05, 3.63) is 29.6 Å². The first-order valence-electron chi connectivity index (χ1n) is 7.07. The molecule has 0 aromatic heterocycles. The van der Waals surface area contributed by atoms with Gasteiger partial charge in [-0.1, -0.05) is 41.6 Å². The minimum atomic E-state index is -0.515. The van der Waals surface area contributed by atoms with E-state index in [0.717, 1.165) is 18.2 Å². The van der Waals surface area contributed by atoms with Crippen LogP contribution in [-0.4, -0.2) is 11.9 Å². The van der Waals surface area contributed by atoms with Crippen molar-refractivity contribution in [2.75, 3.05) is 11.9 Å². The third kappa shape index (κ3) is 3.73. The van der Waals surface area contributed by atoms with Crippen LogP contribution < -0.4 is 4.74 Å². The SMILES string of the molecule is N#Cc1ccc(OCC2(CBr)CCCCCC2)cc1F. The van der Waals surface area contributed by atoms with Gasteiger partial charge in [-0.15, -0.1) is 0 Å². The lowest BCUT2D eigenvalue weighted by Crippen LogP contribution is -2.30. The molecule has 1 fully saturated rings. The van der Waals surface area contributed by atoms with E-state index < -0.39 is 5.82 Å². The van der Waals surface area contributed by atoms with Crippen LogP contribution in [0.25, 0.3) is 0 Å². The minimum absolute atomic E-state index is 0.0574. The van der Waals surface area contributed by atoms with Gasteiger partial charge in [0.1, 0.15) is 17.6 Å². The van der Waals surface area contributed by atoms with E-state index >= 15 is 0 Å². The van der Waals surface area contributed by atoms with Gasteiger partial charge in [-0.05, 0) is 25.0 Å². The molecule has 0 atom stereocenters. The number of hydrogen-bond donors (Lipinski definition) is 0. The molecule has 0 heterocycles. The molecule has 1 aromatic rings. The molecule has 0 radical (unpaired) electrons. The van der Waals surface area contributed by atoms with Gasteiger partial charge in [0.05, 0.1) is 12.2 Å². The molecule has 108 valence electrons. The van der Waals surface area contributed by atoms with Gasteiger partial charge < -0.3 is 4.74 Å². The van der Waals surface area contributed by atoms with Crippen LogP contribution in [0.4, 0.5) is 4.39 Å². The first-order chi connectivity index (χ1) is 9.69. The average Bonchev–Trinajstić information content (AvgIpc) is 2.71. The monoisotopic (exact) mass is 339 g/mol. The van der Waals surface area contributed by atoms with Crippen molar-refractivity contribution >= 4 is 15.9 Å². The third-order valence-corrected chi connectivity index (χ3v) is 5.24. The van der Waals surface area contributed by atoms with Crippen molar-refractivity contribution in [2.45, 2.75) is 38.5 Å². The fourth-order valence-electron chi connectivity index (χ4n) is 2.71. The number of hydrogen-bond acceptors (Lipinski definition) is 2. The van der Waals surface area contributed by atoms with Crippen molar-refractivity contribution in [1.29, 1.82) is 5.26 Å². The largest absolute Gasteiger partial charge is 0.493 e. The molecular formula is C16H19BrFNO. The maximum absolute atomic E-state index is 13.5. The Morgan fingerprint density at radius 1 is 1.25 bits per heavy atom. The second-order valence-corrected chi connectivity index (χ2v) is 6.15. The molecule has 0 saturated heterocycles. The predicted molar refractivity (Wildman–Crippen MR) is 80.5 cm³/mol. The van der Waals surface area contributed by atoms with Crippen LogP contribution in [0, 0.1) is 22.6 Å². The van der Waals surface area contributed by atoms with E-state index in [4.69, 9.17) is 10.00 Å². The quantitative estimate of drug-likeness (QED) is 0.582. The van der Waals surface area contributed by atoms with E-state index in [-0.39, 0.29) is 11.0 Å². The van der Waals surface area contributed by atoms with Crippen molar-refractivity contribution in [1.82, 2.24) is 0 Å². The molecule has 0 N–H and O–H groups in total. The molecule has 20 heavy (non-hydrogen) atoms. The summed E-state index contributed by atoms with van der Waals surface area (Å²) in [6, 6.07) is 6.26. The highest BCUT2D eigenvalue weighted by Gasteiger charge is 2.30. The Bertz CT molecular complexity index is 490. The zero-order valence-electron chi connectivity index (χ0n) is 11.5. The maximum atomic E-state index is 13.5. The molecule has 0 aliphatic heterocycles. The van der Waals surface area contributed by atoms with E-state index in [0.29, 0.717) is 12.4 Å². The molecule has 0 bridgehead atoms. The number of benzene rings is 1. The van der Waals surface area contributed by atoms with Crippen LogP contribution in [0.3, 0.4) is 0 Å². The molecule has 2 rings (SSSR count). The molecule has 4 heteroatoms. The van der Waals surface area contributed by atoms with Crippen molar-refractivity contribution < 1.29 is 9.13 Å². The van der Waals surface area contributed by atoms with E-state index in [1.165, 1.54) is 37.8 Å². The summed E-state index contributed by atoms with van der Waals surface area (Å²) in [5.41, 5.74) is 0.211. The van der Waals surface area contributed by atoms with Crippen molar-refractivity contribution in [2.24, 2.45) is 5.41 Å². The van der Waals surface area contributed by atoms with Gasteiger partial charge in [0, 0.05) is 16.8 Å². The molecular weight excluding hydrogens is 321 g/mol. The van der Waals surface area contributed by atoms with E-state index in [1.54, 1.807) is 6.07 Å². The Morgan fingerprint density at radius 3 is 2.50 bits per heavy atom. The number of ether oxygens (including phenoxy) is 1. The summed E-state index contributed by atoms with van der Waals surface area (Å²) in [5.74, 6) is -0.00942. The van der Waals surface area contributed by atoms with E-state index in [1.807, 2.05) is 6.07 Å². The van der Waals surface area contributed by atoms with Gasteiger partial charge >= 0.3 is 0 Å². The van der Waals surface area contributed by atoms with Gasteiger partial charge in [-0.2, -0.15) is 5.26 Å². The first kappa shape index (κ1) is 15.3. The van der Waals surface area contributed by atoms with Crippen LogP contribution in [0.5, 0.6) is 5.75 Å². The standard InChI is InChI=1S/C16H19BrFNO/c17-11-16(7-3-1-2-4-8-16)12-20-14-6-5-13(10-19)15(18)9-14/h5-6,9H,1-4,7-8,11-12H2. The lowest BCUT2D eigenvalue weighted by Gasteiger charge is -2.30. The highest BCUT2D eigenvalue weighted by molar-refractivity contribution is 9.09. The van der Waals surface area contributed by atoms with Crippen LogP contribution in [0.1, 0.15) is 44.1 Å². The van der Waals surface area contributed by atoms with Gasteiger partial charge in [0.2, 0.25) is 0 Å². The third-order valence-electron chi connectivity index (χ3n) is 4.05. The zero-order valence-corrected chi connectivity index (χ0v) is 13.1. The molecule has 1 aromatic carbocycles. The van der Waals surface area contributed by atoms with Crippen molar-refractivity contribution in [3.8, 4) is 11.8 Å². The van der Waals surface area contributed by atoms with E-state index in [2.05, 4.69) is 15.9 Å². The second kappa shape index (κ2) is 7.08. The van der Waals surface area contributed by atoms with Crippen LogP contribution in [0.2, 0.25) is 0 Å². The molecule has 2 nitrogen and oxygen atoms in total. The van der Waals surface area contributed by atoms with Crippen LogP contribution in [0.15, 0.2) is 18.2 Å². The summed E-state index contributed by atoms with van der Waals surface area (Å²) in [6.45, 7) is 0.601. The maximum Gasteiger partial charge on any atom is 0.144 e. The normalized spacial score (nSPS) is 18.1. The molecule has 1 aliphatic rings. The van der Waals surface area contributed by atoms with Gasteiger partial charge in [0.25, 0.3) is 0 Å². The van der Waals surface area contributed by atoms with Crippen molar-refractivity contribution in [3.63, 3.8) is 0 Å². The number of rotatable bonds is 4. The topological polar surface area (TPSA) is 33.0 Å². The molecule has 1 saturated carbocycles. The summed E-state index contributed by atoms with van der Waals surface area (Å²) in [7, 11) is 0. The lowest BCUT2D eigenvalue weighted by atomic mass is 9.83. The number of nitriles is 1. The predicted octanol–water partition coefficient (Wildman–Crippen LogP) is 4.81. The average molecular weight is 340 g/mol. The van der Waals surface area contributed by atoms with Gasteiger partial charge in [-0.25, -0.2) is 4.39 Å². The summed E-state index contributed by atoms with van der Waals surface area (Å²) >= 11 is 3.62. The Labute approximate surface area is 128 Å².